The first kappa shape index (κ1) is 17.3. The van der Waals surface area contributed by atoms with E-state index in [9.17, 15) is 14.4 Å². The minimum atomic E-state index is -1.29. The highest BCUT2D eigenvalue weighted by molar-refractivity contribution is 5.89. The molecule has 0 heterocycles. The fraction of sp³-hybridized carbons (Fsp3) is 0.727. The number of rotatable bonds is 8. The topological polar surface area (TPSA) is 139 Å². The highest BCUT2D eigenvalue weighted by atomic mass is 16.5. The molecule has 0 bridgehead atoms. The molecule has 110 valence electrons. The van der Waals surface area contributed by atoms with E-state index in [2.05, 4.69) is 5.32 Å². The molecule has 0 aliphatic rings. The van der Waals surface area contributed by atoms with E-state index in [1.165, 1.54) is 0 Å². The van der Waals surface area contributed by atoms with E-state index in [0.717, 1.165) is 0 Å². The quantitative estimate of drug-likeness (QED) is 0.394. The number of carbonyl (C=O) groups excluding carboxylic acids is 2. The number of carboxylic acids is 1. The maximum Gasteiger partial charge on any atom is 0.331 e. The van der Waals surface area contributed by atoms with E-state index >= 15 is 0 Å². The normalized spacial score (nSPS) is 13.7. The standard InChI is InChI=1S/C11H20N2O6/c1-6(2)5-19-11(18)8(4-14)13-10(17)7(12)3-9(15)16/h6-8,14H,3-5,12H2,1-2H3,(H,13,17)(H,15,16)/t7-,8-/m0/s1. The first-order valence-electron chi connectivity index (χ1n) is 5.83. The Morgan fingerprint density at radius 3 is 2.32 bits per heavy atom. The summed E-state index contributed by atoms with van der Waals surface area (Å²) in [5, 5.41) is 19.6. The van der Waals surface area contributed by atoms with Crippen molar-refractivity contribution in [2.24, 2.45) is 11.7 Å². The number of hydrogen-bond acceptors (Lipinski definition) is 6. The molecule has 1 amide bonds. The summed E-state index contributed by atoms with van der Waals surface area (Å²) in [7, 11) is 0. The fourth-order valence-electron chi connectivity index (χ4n) is 1.09. The molecule has 0 aromatic carbocycles. The molecule has 0 aromatic rings. The molecule has 8 nitrogen and oxygen atoms in total. The summed E-state index contributed by atoms with van der Waals surface area (Å²) >= 11 is 0. The Balaban J connectivity index is 4.34. The van der Waals surface area contributed by atoms with Gasteiger partial charge < -0.3 is 26.0 Å². The minimum Gasteiger partial charge on any atom is -0.481 e. The van der Waals surface area contributed by atoms with Gasteiger partial charge in [0.2, 0.25) is 5.91 Å². The molecule has 0 saturated carbocycles. The second kappa shape index (κ2) is 8.44. The van der Waals surface area contributed by atoms with Gasteiger partial charge in [0.25, 0.3) is 0 Å². The summed E-state index contributed by atoms with van der Waals surface area (Å²) in [6.45, 7) is 3.18. The summed E-state index contributed by atoms with van der Waals surface area (Å²) < 4.78 is 4.85. The number of nitrogens with one attached hydrogen (secondary N) is 1. The number of amides is 1. The predicted molar refractivity (Wildman–Crippen MR) is 65.0 cm³/mol. The van der Waals surface area contributed by atoms with E-state index in [0.29, 0.717) is 0 Å². The Labute approximate surface area is 110 Å². The van der Waals surface area contributed by atoms with Crippen LogP contribution in [0.5, 0.6) is 0 Å². The van der Waals surface area contributed by atoms with Crippen LogP contribution in [-0.4, -0.2) is 53.4 Å². The number of aliphatic carboxylic acids is 1. The first-order chi connectivity index (χ1) is 8.77. The second-order valence-electron chi connectivity index (χ2n) is 4.47. The maximum absolute atomic E-state index is 11.5. The van der Waals surface area contributed by atoms with Gasteiger partial charge in [-0.2, -0.15) is 0 Å². The summed E-state index contributed by atoms with van der Waals surface area (Å²) in [5.41, 5.74) is 5.32. The molecule has 0 aliphatic heterocycles. The molecule has 0 aliphatic carbocycles. The molecular formula is C11H20N2O6. The second-order valence-corrected chi connectivity index (χ2v) is 4.47. The zero-order chi connectivity index (χ0) is 15.0. The molecule has 19 heavy (non-hydrogen) atoms. The van der Waals surface area contributed by atoms with Crippen molar-refractivity contribution < 1.29 is 29.3 Å². The van der Waals surface area contributed by atoms with Gasteiger partial charge in [-0.1, -0.05) is 13.8 Å². The van der Waals surface area contributed by atoms with E-state index in [4.69, 9.17) is 20.7 Å². The molecule has 0 radical (unpaired) electrons. The van der Waals surface area contributed by atoms with Crippen molar-refractivity contribution in [2.45, 2.75) is 32.4 Å². The van der Waals surface area contributed by atoms with Crippen LogP contribution in [0.15, 0.2) is 0 Å². The zero-order valence-corrected chi connectivity index (χ0v) is 11.0. The number of carbonyl (C=O) groups is 3. The van der Waals surface area contributed by atoms with Crippen LogP contribution < -0.4 is 11.1 Å². The van der Waals surface area contributed by atoms with Crippen LogP contribution in [0, 0.1) is 5.92 Å². The fourth-order valence-corrected chi connectivity index (χ4v) is 1.09. The van der Waals surface area contributed by atoms with Crippen LogP contribution in [0.2, 0.25) is 0 Å². The number of ether oxygens (including phenoxy) is 1. The lowest BCUT2D eigenvalue weighted by Crippen LogP contribution is -2.51. The number of hydrogen-bond donors (Lipinski definition) is 4. The minimum absolute atomic E-state index is 0.119. The van der Waals surface area contributed by atoms with E-state index in [1.54, 1.807) is 0 Å². The smallest absolute Gasteiger partial charge is 0.331 e. The van der Waals surface area contributed by atoms with Crippen LogP contribution in [0.3, 0.4) is 0 Å². The Morgan fingerprint density at radius 2 is 1.89 bits per heavy atom. The lowest BCUT2D eigenvalue weighted by molar-refractivity contribution is -0.150. The molecule has 8 heteroatoms. The van der Waals surface area contributed by atoms with Crippen LogP contribution in [-0.2, 0) is 19.1 Å². The maximum atomic E-state index is 11.5. The number of nitrogens with two attached hydrogens (primary N) is 1. The Hall–Kier alpha value is -1.67. The average molecular weight is 276 g/mol. The average Bonchev–Trinajstić information content (AvgIpc) is 2.31. The van der Waals surface area contributed by atoms with Gasteiger partial charge in [0.05, 0.1) is 25.7 Å². The summed E-state index contributed by atoms with van der Waals surface area (Å²) in [6.07, 6.45) is -0.564. The molecular weight excluding hydrogens is 256 g/mol. The van der Waals surface area contributed by atoms with E-state index in [-0.39, 0.29) is 12.5 Å². The monoisotopic (exact) mass is 276 g/mol. The zero-order valence-electron chi connectivity index (χ0n) is 11.0. The number of aliphatic hydroxyl groups excluding tert-OH is 1. The lowest BCUT2D eigenvalue weighted by atomic mass is 10.2. The molecule has 0 spiro atoms. The summed E-state index contributed by atoms with van der Waals surface area (Å²) in [4.78, 5) is 33.4. The van der Waals surface area contributed by atoms with Crippen LogP contribution in [0.25, 0.3) is 0 Å². The lowest BCUT2D eigenvalue weighted by Gasteiger charge is -2.18. The third-order valence-electron chi connectivity index (χ3n) is 2.07. The SMILES string of the molecule is CC(C)COC(=O)[C@H](CO)NC(=O)[C@@H](N)CC(=O)O. The number of carboxylic acid groups (broad SMARTS) is 1. The molecule has 0 fully saturated rings. The van der Waals surface area contributed by atoms with Crippen LogP contribution >= 0.6 is 0 Å². The Morgan fingerprint density at radius 1 is 1.32 bits per heavy atom. The van der Waals surface area contributed by atoms with Gasteiger partial charge >= 0.3 is 11.9 Å². The van der Waals surface area contributed by atoms with E-state index < -0.39 is 43.0 Å². The highest BCUT2D eigenvalue weighted by Crippen LogP contribution is 1.97. The van der Waals surface area contributed by atoms with Crippen molar-refractivity contribution in [3.63, 3.8) is 0 Å². The van der Waals surface area contributed by atoms with Gasteiger partial charge in [-0.05, 0) is 5.92 Å². The molecule has 0 aromatic heterocycles. The van der Waals surface area contributed by atoms with Crippen LogP contribution in [0.4, 0.5) is 0 Å². The highest BCUT2D eigenvalue weighted by Gasteiger charge is 2.25. The largest absolute Gasteiger partial charge is 0.481 e. The summed E-state index contributed by atoms with van der Waals surface area (Å²) in [6, 6.07) is -2.53. The van der Waals surface area contributed by atoms with Gasteiger partial charge in [0, 0.05) is 0 Å². The van der Waals surface area contributed by atoms with Gasteiger partial charge in [-0.15, -0.1) is 0 Å². The Bertz CT molecular complexity index is 331. The number of aliphatic hydroxyl groups is 1. The third kappa shape index (κ3) is 7.37. The van der Waals surface area contributed by atoms with Crippen molar-refractivity contribution >= 4 is 17.8 Å². The number of esters is 1. The molecule has 2 atom stereocenters. The van der Waals surface area contributed by atoms with Crippen LogP contribution in [0.1, 0.15) is 20.3 Å². The van der Waals surface area contributed by atoms with Crippen molar-refractivity contribution in [1.82, 2.24) is 5.32 Å². The summed E-state index contributed by atoms with van der Waals surface area (Å²) in [5.74, 6) is -2.73. The molecule has 0 rings (SSSR count). The van der Waals surface area contributed by atoms with Crippen molar-refractivity contribution in [1.29, 1.82) is 0 Å². The molecule has 5 N–H and O–H groups in total. The van der Waals surface area contributed by atoms with Gasteiger partial charge in [-0.25, -0.2) is 4.79 Å². The van der Waals surface area contributed by atoms with Crippen molar-refractivity contribution in [2.75, 3.05) is 13.2 Å². The molecule has 0 unspecified atom stereocenters. The van der Waals surface area contributed by atoms with Gasteiger partial charge in [0.1, 0.15) is 0 Å². The van der Waals surface area contributed by atoms with E-state index in [1.807, 2.05) is 13.8 Å². The van der Waals surface area contributed by atoms with Gasteiger partial charge in [-0.3, -0.25) is 9.59 Å². The Kier molecular flexibility index (Phi) is 7.69. The molecule has 0 saturated heterocycles. The predicted octanol–water partition coefficient (Wildman–Crippen LogP) is -1.54. The third-order valence-corrected chi connectivity index (χ3v) is 2.07. The van der Waals surface area contributed by atoms with Crippen molar-refractivity contribution in [3.05, 3.63) is 0 Å². The first-order valence-corrected chi connectivity index (χ1v) is 5.83. The van der Waals surface area contributed by atoms with Gasteiger partial charge in [0.15, 0.2) is 6.04 Å². The van der Waals surface area contributed by atoms with Crippen molar-refractivity contribution in [3.8, 4) is 0 Å².